The number of benzene rings is 1. The topological polar surface area (TPSA) is 59.6 Å². The molecule has 0 unspecified atom stereocenters. The van der Waals surface area contributed by atoms with Gasteiger partial charge in [0, 0.05) is 12.6 Å². The van der Waals surface area contributed by atoms with Crippen LogP contribution in [-0.2, 0) is 20.1 Å². The van der Waals surface area contributed by atoms with E-state index in [4.69, 9.17) is 9.94 Å². The summed E-state index contributed by atoms with van der Waals surface area (Å²) in [6.45, 7) is 2.44. The van der Waals surface area contributed by atoms with Gasteiger partial charge in [-0.3, -0.25) is 4.68 Å². The maximum atomic E-state index is 9.11. The molecule has 2 aromatic rings. The Hall–Kier alpha value is -2.30. The van der Waals surface area contributed by atoms with E-state index in [9.17, 15) is 0 Å². The first-order valence-electron chi connectivity index (χ1n) is 7.14. The Bertz CT molecular complexity index is 689. The highest BCUT2D eigenvalue weighted by atomic mass is 16.5. The van der Waals surface area contributed by atoms with E-state index in [1.165, 1.54) is 5.56 Å². The maximum Gasteiger partial charge on any atom is 0.130 e. The lowest BCUT2D eigenvalue weighted by Crippen LogP contribution is -2.12. The van der Waals surface area contributed by atoms with Crippen LogP contribution in [-0.4, -0.2) is 20.7 Å². The van der Waals surface area contributed by atoms with Crippen LogP contribution in [0, 0.1) is 6.92 Å². The van der Waals surface area contributed by atoms with Gasteiger partial charge in [-0.05, 0) is 49.9 Å². The molecule has 1 heterocycles. The fourth-order valence-electron chi connectivity index (χ4n) is 2.77. The molecule has 1 aromatic carbocycles. The number of fused-ring (bicyclic) bond motifs is 1. The first-order valence-corrected chi connectivity index (χ1v) is 7.14. The second-order valence-corrected chi connectivity index (χ2v) is 5.41. The third kappa shape index (κ3) is 2.77. The lowest BCUT2D eigenvalue weighted by Gasteiger charge is -2.18. The van der Waals surface area contributed by atoms with E-state index in [0.29, 0.717) is 6.61 Å². The first-order chi connectivity index (χ1) is 10.2. The zero-order valence-corrected chi connectivity index (χ0v) is 12.3. The Morgan fingerprint density at radius 1 is 1.33 bits per heavy atom. The number of ether oxygens (including phenoxy) is 1. The Balaban J connectivity index is 1.79. The minimum atomic E-state index is 0.474. The van der Waals surface area contributed by atoms with Crippen molar-refractivity contribution in [1.82, 2.24) is 9.78 Å². The Morgan fingerprint density at radius 2 is 2.19 bits per heavy atom. The average Bonchev–Trinajstić information content (AvgIpc) is 2.82. The summed E-state index contributed by atoms with van der Waals surface area (Å²) in [5.74, 6) is 0.788. The SMILES string of the molecule is Cc1cc(COc2ccc3c(c2)/C(=N\O)CCC3)n(C)n1. The minimum Gasteiger partial charge on any atom is -0.487 e. The molecular weight excluding hydrogens is 266 g/mol. The van der Waals surface area contributed by atoms with Crippen LogP contribution in [0.2, 0.25) is 0 Å². The van der Waals surface area contributed by atoms with Crippen LogP contribution < -0.4 is 4.74 Å². The first kappa shape index (κ1) is 13.7. The summed E-state index contributed by atoms with van der Waals surface area (Å²) < 4.78 is 7.68. The summed E-state index contributed by atoms with van der Waals surface area (Å²) in [6.07, 6.45) is 2.87. The van der Waals surface area contributed by atoms with Crippen molar-refractivity contribution >= 4 is 5.71 Å². The second kappa shape index (κ2) is 5.60. The number of oxime groups is 1. The van der Waals surface area contributed by atoms with Gasteiger partial charge in [-0.2, -0.15) is 5.10 Å². The van der Waals surface area contributed by atoms with Crippen LogP contribution >= 0.6 is 0 Å². The molecule has 5 nitrogen and oxygen atoms in total. The standard InChI is InChI=1S/C16H19N3O2/c1-11-8-13(19(2)17-11)10-21-14-7-6-12-4-3-5-16(18-20)15(12)9-14/h6-9,20H,3-5,10H2,1-2H3/b18-16-. The minimum absolute atomic E-state index is 0.474. The van der Waals surface area contributed by atoms with E-state index in [-0.39, 0.29) is 0 Å². The van der Waals surface area contributed by atoms with Gasteiger partial charge in [-0.25, -0.2) is 0 Å². The highest BCUT2D eigenvalue weighted by Gasteiger charge is 2.16. The zero-order chi connectivity index (χ0) is 14.8. The van der Waals surface area contributed by atoms with Gasteiger partial charge >= 0.3 is 0 Å². The van der Waals surface area contributed by atoms with Crippen molar-refractivity contribution in [2.45, 2.75) is 32.8 Å². The molecular formula is C16H19N3O2. The molecule has 1 aliphatic rings. The maximum absolute atomic E-state index is 9.11. The fraction of sp³-hybridized carbons (Fsp3) is 0.375. The molecule has 1 N–H and O–H groups in total. The quantitative estimate of drug-likeness (QED) is 0.697. The van der Waals surface area contributed by atoms with Crippen molar-refractivity contribution in [3.8, 4) is 5.75 Å². The monoisotopic (exact) mass is 285 g/mol. The predicted octanol–water partition coefficient (Wildman–Crippen LogP) is 2.82. The van der Waals surface area contributed by atoms with Gasteiger partial charge in [0.2, 0.25) is 0 Å². The molecule has 3 rings (SSSR count). The number of hydrogen-bond acceptors (Lipinski definition) is 4. The van der Waals surface area contributed by atoms with Gasteiger partial charge in [-0.15, -0.1) is 0 Å². The van der Waals surface area contributed by atoms with Crippen molar-refractivity contribution in [1.29, 1.82) is 0 Å². The van der Waals surface area contributed by atoms with Crippen LogP contribution in [0.15, 0.2) is 29.4 Å². The summed E-state index contributed by atoms with van der Waals surface area (Å²) in [4.78, 5) is 0. The number of aromatic nitrogens is 2. The predicted molar refractivity (Wildman–Crippen MR) is 80.0 cm³/mol. The molecule has 0 radical (unpaired) electrons. The molecule has 0 fully saturated rings. The molecule has 21 heavy (non-hydrogen) atoms. The lowest BCUT2D eigenvalue weighted by molar-refractivity contribution is 0.294. The van der Waals surface area contributed by atoms with Crippen LogP contribution in [0.4, 0.5) is 0 Å². The van der Waals surface area contributed by atoms with Crippen LogP contribution in [0.5, 0.6) is 5.75 Å². The summed E-state index contributed by atoms with van der Waals surface area (Å²) in [6, 6.07) is 8.01. The summed E-state index contributed by atoms with van der Waals surface area (Å²) in [7, 11) is 1.91. The van der Waals surface area contributed by atoms with Crippen molar-refractivity contribution < 1.29 is 9.94 Å². The molecule has 0 spiro atoms. The van der Waals surface area contributed by atoms with Gasteiger partial charge in [0.1, 0.15) is 12.4 Å². The highest BCUT2D eigenvalue weighted by molar-refractivity contribution is 6.02. The lowest BCUT2D eigenvalue weighted by atomic mass is 9.90. The van der Waals surface area contributed by atoms with E-state index in [1.807, 2.05) is 36.9 Å². The molecule has 0 saturated heterocycles. The molecule has 1 aromatic heterocycles. The average molecular weight is 285 g/mol. The van der Waals surface area contributed by atoms with E-state index in [0.717, 1.165) is 47.7 Å². The summed E-state index contributed by atoms with van der Waals surface area (Å²) >= 11 is 0. The number of aryl methyl sites for hydroxylation is 3. The van der Waals surface area contributed by atoms with Crippen LogP contribution in [0.3, 0.4) is 0 Å². The molecule has 0 bridgehead atoms. The molecule has 0 amide bonds. The van der Waals surface area contributed by atoms with Gasteiger partial charge in [0.05, 0.1) is 17.1 Å². The molecule has 5 heteroatoms. The number of hydrogen-bond donors (Lipinski definition) is 1. The van der Waals surface area contributed by atoms with Crippen LogP contribution in [0.25, 0.3) is 0 Å². The third-order valence-corrected chi connectivity index (χ3v) is 3.86. The van der Waals surface area contributed by atoms with Crippen molar-refractivity contribution in [3.05, 3.63) is 46.8 Å². The number of nitrogens with zero attached hydrogens (tertiary/aromatic N) is 3. The van der Waals surface area contributed by atoms with Crippen molar-refractivity contribution in [2.24, 2.45) is 12.2 Å². The Labute approximate surface area is 123 Å². The van der Waals surface area contributed by atoms with E-state index < -0.39 is 0 Å². The molecule has 1 aliphatic carbocycles. The van der Waals surface area contributed by atoms with Crippen molar-refractivity contribution in [2.75, 3.05) is 0 Å². The Morgan fingerprint density at radius 3 is 2.90 bits per heavy atom. The normalized spacial score (nSPS) is 16.0. The third-order valence-electron chi connectivity index (χ3n) is 3.86. The van der Waals surface area contributed by atoms with Gasteiger partial charge < -0.3 is 9.94 Å². The molecule has 0 saturated carbocycles. The smallest absolute Gasteiger partial charge is 0.130 e. The summed E-state index contributed by atoms with van der Waals surface area (Å²) in [5, 5.41) is 16.8. The molecule has 110 valence electrons. The van der Waals surface area contributed by atoms with E-state index in [1.54, 1.807) is 0 Å². The van der Waals surface area contributed by atoms with Crippen LogP contribution in [0.1, 0.15) is 35.4 Å². The summed E-state index contributed by atoms with van der Waals surface area (Å²) in [5.41, 5.74) is 4.98. The fourth-order valence-corrected chi connectivity index (χ4v) is 2.77. The second-order valence-electron chi connectivity index (χ2n) is 5.41. The van der Waals surface area contributed by atoms with Crippen molar-refractivity contribution in [3.63, 3.8) is 0 Å². The van der Waals surface area contributed by atoms with Gasteiger partial charge in [0.25, 0.3) is 0 Å². The zero-order valence-electron chi connectivity index (χ0n) is 12.3. The largest absolute Gasteiger partial charge is 0.487 e. The van der Waals surface area contributed by atoms with Gasteiger partial charge in [0.15, 0.2) is 0 Å². The molecule has 0 aliphatic heterocycles. The highest BCUT2D eigenvalue weighted by Crippen LogP contribution is 2.26. The molecule has 0 atom stereocenters. The van der Waals surface area contributed by atoms with E-state index in [2.05, 4.69) is 16.3 Å². The van der Waals surface area contributed by atoms with Gasteiger partial charge in [-0.1, -0.05) is 11.2 Å². The van der Waals surface area contributed by atoms with E-state index >= 15 is 0 Å². The Kier molecular flexibility index (Phi) is 3.64. The number of rotatable bonds is 3.